The van der Waals surface area contributed by atoms with E-state index < -0.39 is 5.54 Å². The van der Waals surface area contributed by atoms with Crippen molar-refractivity contribution in [3.63, 3.8) is 0 Å². The third-order valence-electron chi connectivity index (χ3n) is 7.02. The molecule has 2 fully saturated rings. The Morgan fingerprint density at radius 2 is 1.44 bits per heavy atom. The maximum Gasteiger partial charge on any atom is 0.319 e. The lowest BCUT2D eigenvalue weighted by Gasteiger charge is -2.32. The molecule has 2 unspecified atom stereocenters. The zero-order valence-corrected chi connectivity index (χ0v) is 20.6. The van der Waals surface area contributed by atoms with E-state index in [2.05, 4.69) is 96.1 Å². The number of hydrogen-bond donors (Lipinski definition) is 1. The smallest absolute Gasteiger partial charge is 0.319 e. The zero-order chi connectivity index (χ0) is 21.3. The summed E-state index contributed by atoms with van der Waals surface area (Å²) in [6, 6.07) is 31.8. The number of nitrogens with one attached hydrogen (secondary N) is 1. The van der Waals surface area contributed by atoms with Gasteiger partial charge in [-0.1, -0.05) is 91.0 Å². The van der Waals surface area contributed by atoms with Gasteiger partial charge in [-0.3, -0.25) is 0 Å². The van der Waals surface area contributed by atoms with E-state index in [4.69, 9.17) is 0 Å². The summed E-state index contributed by atoms with van der Waals surface area (Å²) in [4.78, 5) is 15.4. The van der Waals surface area contributed by atoms with Crippen molar-refractivity contribution in [2.75, 3.05) is 26.7 Å². The van der Waals surface area contributed by atoms with Crippen LogP contribution in [0.25, 0.3) is 0 Å². The number of amides is 2. The SMILES string of the molecule is C[N+]1(Cc2ccccc2)CCC(N2CC(c3ccccc3)(c3ccccc3)NC2=O)C1.[I-]. The van der Waals surface area contributed by atoms with Crippen molar-refractivity contribution in [1.82, 2.24) is 10.2 Å². The van der Waals surface area contributed by atoms with Crippen molar-refractivity contribution in [2.45, 2.75) is 24.5 Å². The summed E-state index contributed by atoms with van der Waals surface area (Å²) in [5.41, 5.74) is 3.12. The van der Waals surface area contributed by atoms with E-state index in [9.17, 15) is 4.79 Å². The van der Waals surface area contributed by atoms with Gasteiger partial charge in [0.05, 0.1) is 32.7 Å². The molecule has 0 radical (unpaired) electrons. The molecular formula is C27H30IN3O. The number of quaternary nitrogens is 1. The zero-order valence-electron chi connectivity index (χ0n) is 18.5. The predicted octanol–water partition coefficient (Wildman–Crippen LogP) is 1.38. The number of nitrogens with zero attached hydrogens (tertiary/aromatic N) is 2. The van der Waals surface area contributed by atoms with E-state index in [0.29, 0.717) is 6.54 Å². The summed E-state index contributed by atoms with van der Waals surface area (Å²) < 4.78 is 0.974. The van der Waals surface area contributed by atoms with Crippen LogP contribution in [0.2, 0.25) is 0 Å². The Morgan fingerprint density at radius 3 is 2.00 bits per heavy atom. The third-order valence-corrected chi connectivity index (χ3v) is 7.02. The van der Waals surface area contributed by atoms with Crippen LogP contribution in [0.5, 0.6) is 0 Å². The van der Waals surface area contributed by atoms with Crippen LogP contribution in [0.4, 0.5) is 4.79 Å². The first-order valence-electron chi connectivity index (χ1n) is 11.2. The number of likely N-dealkylation sites (tertiary alicyclic amines) is 1. The highest BCUT2D eigenvalue weighted by Crippen LogP contribution is 2.37. The second-order valence-corrected chi connectivity index (χ2v) is 9.31. The van der Waals surface area contributed by atoms with E-state index in [0.717, 1.165) is 41.7 Å². The van der Waals surface area contributed by atoms with Crippen LogP contribution in [-0.4, -0.2) is 48.1 Å². The van der Waals surface area contributed by atoms with Crippen molar-refractivity contribution in [2.24, 2.45) is 0 Å². The lowest BCUT2D eigenvalue weighted by molar-refractivity contribution is -0.911. The number of hydrogen-bond acceptors (Lipinski definition) is 1. The Hall–Kier alpha value is -2.38. The van der Waals surface area contributed by atoms with E-state index in [1.807, 2.05) is 12.1 Å². The molecule has 3 aromatic carbocycles. The van der Waals surface area contributed by atoms with Crippen LogP contribution in [0.1, 0.15) is 23.1 Å². The van der Waals surface area contributed by atoms with Gasteiger partial charge in [0.2, 0.25) is 0 Å². The maximum atomic E-state index is 13.3. The van der Waals surface area contributed by atoms with Crippen molar-refractivity contribution < 1.29 is 33.3 Å². The fraction of sp³-hybridized carbons (Fsp3) is 0.296. The first-order valence-corrected chi connectivity index (χ1v) is 11.2. The van der Waals surface area contributed by atoms with Gasteiger partial charge in [-0.25, -0.2) is 4.79 Å². The van der Waals surface area contributed by atoms with Crippen LogP contribution in [0.15, 0.2) is 91.0 Å². The molecule has 2 amide bonds. The van der Waals surface area contributed by atoms with Gasteiger partial charge < -0.3 is 38.7 Å². The second-order valence-electron chi connectivity index (χ2n) is 9.31. The van der Waals surface area contributed by atoms with Crippen LogP contribution in [0, 0.1) is 0 Å². The highest BCUT2D eigenvalue weighted by molar-refractivity contribution is 5.80. The number of carbonyl (C=O) groups excluding carboxylic acids is 1. The summed E-state index contributed by atoms with van der Waals surface area (Å²) in [6.07, 6.45) is 1.04. The quantitative estimate of drug-likeness (QED) is 0.386. The molecule has 0 aliphatic carbocycles. The van der Waals surface area contributed by atoms with E-state index in [-0.39, 0.29) is 36.0 Å². The number of urea groups is 1. The Kier molecular flexibility index (Phi) is 6.58. The monoisotopic (exact) mass is 539 g/mol. The first-order chi connectivity index (χ1) is 15.1. The minimum Gasteiger partial charge on any atom is -1.00 e. The van der Waals surface area contributed by atoms with Gasteiger partial charge in [0.1, 0.15) is 12.1 Å². The molecule has 1 N–H and O–H groups in total. The summed E-state index contributed by atoms with van der Waals surface area (Å²) >= 11 is 0. The lowest BCUT2D eigenvalue weighted by atomic mass is 9.83. The molecular weight excluding hydrogens is 509 g/mol. The van der Waals surface area contributed by atoms with Gasteiger partial charge >= 0.3 is 6.03 Å². The standard InChI is InChI=1S/C27H29N3O.HI/c1-30(19-22-11-5-2-6-12-22)18-17-25(20-30)29-21-27(28-26(29)31,23-13-7-3-8-14-23)24-15-9-4-10-16-24;/h2-16,25H,17-21H2,1H3;1H. The Labute approximate surface area is 207 Å². The summed E-state index contributed by atoms with van der Waals surface area (Å²) in [7, 11) is 2.32. The highest BCUT2D eigenvalue weighted by atomic mass is 127. The van der Waals surface area contributed by atoms with E-state index >= 15 is 0 Å². The van der Waals surface area contributed by atoms with Gasteiger partial charge in [-0.2, -0.15) is 0 Å². The largest absolute Gasteiger partial charge is 1.00 e. The van der Waals surface area contributed by atoms with Crippen molar-refractivity contribution in [3.8, 4) is 0 Å². The van der Waals surface area contributed by atoms with Crippen molar-refractivity contribution >= 4 is 6.03 Å². The fourth-order valence-electron chi connectivity index (χ4n) is 5.43. The molecule has 32 heavy (non-hydrogen) atoms. The van der Waals surface area contributed by atoms with Crippen LogP contribution >= 0.6 is 0 Å². The Balaban J connectivity index is 0.00000245. The summed E-state index contributed by atoms with van der Waals surface area (Å²) in [5.74, 6) is 0. The Morgan fingerprint density at radius 1 is 0.906 bits per heavy atom. The second kappa shape index (κ2) is 9.24. The Bertz CT molecular complexity index is 1000. The van der Waals surface area contributed by atoms with Crippen LogP contribution < -0.4 is 29.3 Å². The number of halogens is 1. The molecule has 0 bridgehead atoms. The average molecular weight is 539 g/mol. The van der Waals surface area contributed by atoms with Gasteiger partial charge in [-0.05, 0) is 11.1 Å². The number of carbonyl (C=O) groups is 1. The molecule has 2 heterocycles. The predicted molar refractivity (Wildman–Crippen MR) is 123 cm³/mol. The molecule has 2 saturated heterocycles. The number of rotatable bonds is 5. The van der Waals surface area contributed by atoms with E-state index in [1.165, 1.54) is 5.56 Å². The third kappa shape index (κ3) is 4.28. The van der Waals surface area contributed by atoms with E-state index in [1.54, 1.807) is 0 Å². The van der Waals surface area contributed by atoms with Crippen LogP contribution in [0.3, 0.4) is 0 Å². The molecule has 2 aliphatic rings. The molecule has 0 spiro atoms. The summed E-state index contributed by atoms with van der Waals surface area (Å²) in [5, 5.41) is 3.38. The van der Waals surface area contributed by atoms with Crippen molar-refractivity contribution in [1.29, 1.82) is 0 Å². The highest BCUT2D eigenvalue weighted by Gasteiger charge is 2.50. The molecule has 3 aromatic rings. The van der Waals surface area contributed by atoms with Gasteiger partial charge in [0, 0.05) is 12.0 Å². The summed E-state index contributed by atoms with van der Waals surface area (Å²) in [6.45, 7) is 3.75. The number of likely N-dealkylation sites (N-methyl/N-ethyl adjacent to an activating group) is 1. The fourth-order valence-corrected chi connectivity index (χ4v) is 5.43. The first kappa shape index (κ1) is 22.8. The van der Waals surface area contributed by atoms with Crippen molar-refractivity contribution in [3.05, 3.63) is 108 Å². The minimum atomic E-state index is -0.509. The normalized spacial score (nSPS) is 24.1. The van der Waals surface area contributed by atoms with Crippen LogP contribution in [-0.2, 0) is 12.1 Å². The topological polar surface area (TPSA) is 32.3 Å². The molecule has 5 rings (SSSR count). The lowest BCUT2D eigenvalue weighted by Crippen LogP contribution is -3.00. The number of benzene rings is 3. The van der Waals surface area contributed by atoms with Gasteiger partial charge in [0.25, 0.3) is 0 Å². The minimum absolute atomic E-state index is 0. The molecule has 4 nitrogen and oxygen atoms in total. The molecule has 166 valence electrons. The average Bonchev–Trinajstić information content (AvgIpc) is 3.36. The molecule has 0 saturated carbocycles. The molecule has 0 aromatic heterocycles. The maximum absolute atomic E-state index is 13.3. The molecule has 2 atom stereocenters. The molecule has 5 heteroatoms. The van der Waals surface area contributed by atoms with Gasteiger partial charge in [-0.15, -0.1) is 0 Å². The van der Waals surface area contributed by atoms with Gasteiger partial charge in [0.15, 0.2) is 0 Å². The molecule has 2 aliphatic heterocycles.